The Kier molecular flexibility index (Phi) is 6.91. The van der Waals surface area contributed by atoms with E-state index < -0.39 is 5.82 Å². The molecule has 0 aliphatic carbocycles. The zero-order valence-corrected chi connectivity index (χ0v) is 22.5. The number of nitrogens with two attached hydrogens (primary N) is 1. The number of rotatable bonds is 5. The fourth-order valence-electron chi connectivity index (χ4n) is 5.08. The summed E-state index contributed by atoms with van der Waals surface area (Å²) in [5.74, 6) is 0.269. The van der Waals surface area contributed by atoms with Crippen molar-refractivity contribution in [1.82, 2.24) is 14.9 Å². The van der Waals surface area contributed by atoms with Crippen LogP contribution in [-0.2, 0) is 6.54 Å². The lowest BCUT2D eigenvalue weighted by Gasteiger charge is -2.16. The molecule has 3 heterocycles. The molecule has 1 amide bonds. The zero-order chi connectivity index (χ0) is 27.8. The number of carbonyl (C=O) groups is 1. The lowest BCUT2D eigenvalue weighted by molar-refractivity contribution is 0.0791. The van der Waals surface area contributed by atoms with Gasteiger partial charge in [-0.25, -0.2) is 14.4 Å². The van der Waals surface area contributed by atoms with Crippen LogP contribution in [0, 0.1) is 5.82 Å². The Bertz CT molecular complexity index is 1640. The molecule has 0 radical (unpaired) electrons. The lowest BCUT2D eigenvalue weighted by atomic mass is 9.94. The van der Waals surface area contributed by atoms with E-state index in [1.807, 2.05) is 18.2 Å². The van der Waals surface area contributed by atoms with Gasteiger partial charge in [-0.15, -0.1) is 0 Å². The highest BCUT2D eigenvalue weighted by Gasteiger charge is 2.26. The molecule has 1 unspecified atom stereocenters. The summed E-state index contributed by atoms with van der Waals surface area (Å²) in [6.45, 7) is 1.49. The van der Waals surface area contributed by atoms with Gasteiger partial charge in [-0.2, -0.15) is 0 Å². The number of likely N-dealkylation sites (tertiary alicyclic amines) is 1. The highest BCUT2D eigenvalue weighted by molar-refractivity contribution is 6.31. The van der Waals surface area contributed by atoms with Crippen molar-refractivity contribution in [2.24, 2.45) is 10.7 Å². The molecule has 0 spiro atoms. The molecule has 1 fully saturated rings. The summed E-state index contributed by atoms with van der Waals surface area (Å²) in [5.41, 5.74) is 10.8. The number of nitrogens with one attached hydrogen (secondary N) is 1. The Morgan fingerprint density at radius 2 is 1.98 bits per heavy atom. The van der Waals surface area contributed by atoms with Gasteiger partial charge in [0, 0.05) is 58.3 Å². The number of hydrogen-bond donors (Lipinski definition) is 2. The summed E-state index contributed by atoms with van der Waals surface area (Å²) in [5, 5.41) is 3.71. The normalized spacial score (nSPS) is 16.1. The molecule has 1 saturated heterocycles. The summed E-state index contributed by atoms with van der Waals surface area (Å²) in [7, 11) is 1.50. The Balaban J connectivity index is 1.32. The van der Waals surface area contributed by atoms with Crippen molar-refractivity contribution < 1.29 is 13.9 Å². The maximum absolute atomic E-state index is 15.1. The van der Waals surface area contributed by atoms with Crippen molar-refractivity contribution in [3.63, 3.8) is 0 Å². The molecule has 0 saturated carbocycles. The third kappa shape index (κ3) is 4.89. The first-order valence-electron chi connectivity index (χ1n) is 12.9. The quantitative estimate of drug-likeness (QED) is 0.349. The van der Waals surface area contributed by atoms with Crippen LogP contribution >= 0.6 is 11.6 Å². The van der Waals surface area contributed by atoms with Gasteiger partial charge in [-0.3, -0.25) is 9.79 Å². The van der Waals surface area contributed by atoms with E-state index in [2.05, 4.69) is 10.3 Å². The number of halogens is 2. The molecule has 3 aromatic carbocycles. The van der Waals surface area contributed by atoms with E-state index in [9.17, 15) is 4.79 Å². The van der Waals surface area contributed by atoms with Crippen molar-refractivity contribution in [3.05, 3.63) is 100.0 Å². The van der Waals surface area contributed by atoms with Crippen LogP contribution < -0.4 is 15.8 Å². The Hall–Kier alpha value is -4.34. The number of amides is 1. The minimum absolute atomic E-state index is 0.0293. The van der Waals surface area contributed by atoms with E-state index >= 15 is 4.39 Å². The number of hydrogen-bond acceptors (Lipinski definition) is 7. The molecular formula is C30H26ClFN6O2. The fourth-order valence-corrected chi connectivity index (χ4v) is 5.25. The van der Waals surface area contributed by atoms with Crippen molar-refractivity contribution in [1.29, 1.82) is 0 Å². The molecule has 2 aliphatic heterocycles. The summed E-state index contributed by atoms with van der Waals surface area (Å²) in [4.78, 5) is 28.6. The van der Waals surface area contributed by atoms with Gasteiger partial charge in [0.05, 0.1) is 30.6 Å². The van der Waals surface area contributed by atoms with E-state index in [0.717, 1.165) is 23.2 Å². The SMILES string of the molecule is COc1cccc(F)c1C1=NCc2cnc(Nc3ccc(C(=O)N4CCC(N)C4)cc3)nc2-c2ccc(Cl)cc21. The smallest absolute Gasteiger partial charge is 0.253 e. The maximum Gasteiger partial charge on any atom is 0.253 e. The fraction of sp³-hybridized carbons (Fsp3) is 0.200. The third-order valence-corrected chi connectivity index (χ3v) is 7.33. The molecule has 1 atom stereocenters. The van der Waals surface area contributed by atoms with Gasteiger partial charge >= 0.3 is 0 Å². The van der Waals surface area contributed by atoms with Gasteiger partial charge in [-0.05, 0) is 55.0 Å². The number of methoxy groups -OCH3 is 1. The topological polar surface area (TPSA) is 106 Å². The van der Waals surface area contributed by atoms with Crippen molar-refractivity contribution in [2.45, 2.75) is 19.0 Å². The number of aromatic nitrogens is 2. The number of carbonyl (C=O) groups excluding carboxylic acids is 1. The van der Waals surface area contributed by atoms with E-state index in [1.165, 1.54) is 13.2 Å². The second kappa shape index (κ2) is 10.7. The van der Waals surface area contributed by atoms with Crippen molar-refractivity contribution in [2.75, 3.05) is 25.5 Å². The second-order valence-corrected chi connectivity index (χ2v) is 10.2. The van der Waals surface area contributed by atoms with Crippen LogP contribution in [0.3, 0.4) is 0 Å². The summed E-state index contributed by atoms with van der Waals surface area (Å²) < 4.78 is 20.6. The first-order valence-corrected chi connectivity index (χ1v) is 13.2. The minimum atomic E-state index is -0.446. The molecule has 40 heavy (non-hydrogen) atoms. The maximum atomic E-state index is 15.1. The van der Waals surface area contributed by atoms with Gasteiger partial charge in [0.2, 0.25) is 5.95 Å². The predicted molar refractivity (Wildman–Crippen MR) is 153 cm³/mol. The highest BCUT2D eigenvalue weighted by atomic mass is 35.5. The first kappa shape index (κ1) is 25.9. The molecule has 202 valence electrons. The molecule has 3 N–H and O–H groups in total. The molecular weight excluding hydrogens is 531 g/mol. The van der Waals surface area contributed by atoms with Gasteiger partial charge in [-0.1, -0.05) is 23.7 Å². The van der Waals surface area contributed by atoms with E-state index in [1.54, 1.807) is 47.5 Å². The summed E-state index contributed by atoms with van der Waals surface area (Å²) >= 11 is 6.39. The number of ether oxygens (including phenoxy) is 1. The lowest BCUT2D eigenvalue weighted by Crippen LogP contribution is -2.31. The van der Waals surface area contributed by atoms with Crippen LogP contribution in [0.15, 0.2) is 71.9 Å². The van der Waals surface area contributed by atoms with E-state index in [0.29, 0.717) is 52.3 Å². The second-order valence-electron chi connectivity index (χ2n) is 9.74. The highest BCUT2D eigenvalue weighted by Crippen LogP contribution is 2.36. The zero-order valence-electron chi connectivity index (χ0n) is 21.7. The number of anilines is 2. The van der Waals surface area contributed by atoms with Gasteiger partial charge in [0.15, 0.2) is 0 Å². The van der Waals surface area contributed by atoms with Gasteiger partial charge in [0.25, 0.3) is 5.91 Å². The average molecular weight is 557 g/mol. The Morgan fingerprint density at radius 1 is 1.15 bits per heavy atom. The van der Waals surface area contributed by atoms with Crippen LogP contribution in [0.1, 0.15) is 33.5 Å². The average Bonchev–Trinajstić information content (AvgIpc) is 3.34. The van der Waals surface area contributed by atoms with Crippen LogP contribution in [0.4, 0.5) is 16.0 Å². The minimum Gasteiger partial charge on any atom is -0.496 e. The molecule has 2 aliphatic rings. The Morgan fingerprint density at radius 3 is 2.73 bits per heavy atom. The summed E-state index contributed by atoms with van der Waals surface area (Å²) in [6, 6.07) is 17.3. The molecule has 6 rings (SSSR count). The van der Waals surface area contributed by atoms with Gasteiger partial charge < -0.3 is 20.7 Å². The number of nitrogens with zero attached hydrogens (tertiary/aromatic N) is 4. The molecule has 1 aromatic heterocycles. The third-order valence-electron chi connectivity index (χ3n) is 7.10. The molecule has 0 bridgehead atoms. The van der Waals surface area contributed by atoms with Gasteiger partial charge in [0.1, 0.15) is 11.6 Å². The predicted octanol–water partition coefficient (Wildman–Crippen LogP) is 5.21. The first-order chi connectivity index (χ1) is 19.4. The molecule has 4 aromatic rings. The number of benzene rings is 3. The van der Waals surface area contributed by atoms with Crippen LogP contribution in [0.5, 0.6) is 5.75 Å². The number of aliphatic imine (C=N–C) groups is 1. The number of fused-ring (bicyclic) bond motifs is 3. The van der Waals surface area contributed by atoms with Crippen molar-refractivity contribution in [3.8, 4) is 17.0 Å². The van der Waals surface area contributed by atoms with Crippen LogP contribution in [-0.4, -0.2) is 52.7 Å². The standard InChI is InChI=1S/C30H26ClFN6O2/c1-40-25-4-2-3-24(32)26(25)28-23-13-19(31)7-10-22(23)27-18(14-34-28)15-35-30(37-27)36-21-8-5-17(6-9-21)29(39)38-12-11-20(33)16-38/h2-10,13,15,20H,11-12,14,16,33H2,1H3,(H,35,36,37). The largest absolute Gasteiger partial charge is 0.496 e. The molecule has 10 heteroatoms. The van der Waals surface area contributed by atoms with E-state index in [4.69, 9.17) is 32.0 Å². The van der Waals surface area contributed by atoms with Crippen LogP contribution in [0.2, 0.25) is 5.02 Å². The van der Waals surface area contributed by atoms with Crippen molar-refractivity contribution >= 4 is 34.9 Å². The Labute approximate surface area is 235 Å². The summed E-state index contributed by atoms with van der Waals surface area (Å²) in [6.07, 6.45) is 2.53. The molecule has 8 nitrogen and oxygen atoms in total. The van der Waals surface area contributed by atoms with E-state index in [-0.39, 0.29) is 24.1 Å². The van der Waals surface area contributed by atoms with Crippen LogP contribution in [0.25, 0.3) is 11.3 Å². The monoisotopic (exact) mass is 556 g/mol.